The maximum absolute atomic E-state index is 5.43. The Morgan fingerprint density at radius 2 is 0.757 bits per heavy atom. The Bertz CT molecular complexity index is 4290. The molecule has 2 aliphatic rings. The van der Waals surface area contributed by atoms with Crippen LogP contribution in [-0.4, -0.2) is 11.5 Å². The third kappa shape index (κ3) is 7.72. The summed E-state index contributed by atoms with van der Waals surface area (Å²) in [5.41, 5.74) is 14.4. The molecule has 2 aliphatic heterocycles. The zero-order valence-corrected chi connectivity index (χ0v) is 40.5. The molecule has 2 atom stereocenters. The van der Waals surface area contributed by atoms with Crippen LogP contribution in [0.4, 0.5) is 0 Å². The van der Waals surface area contributed by atoms with Gasteiger partial charge in [-0.2, -0.15) is 0 Å². The van der Waals surface area contributed by atoms with Crippen LogP contribution < -0.4 is 10.6 Å². The van der Waals surface area contributed by atoms with Gasteiger partial charge >= 0.3 is 0 Å². The molecule has 12 aromatic rings. The van der Waals surface area contributed by atoms with Gasteiger partial charge in [0.25, 0.3) is 0 Å². The van der Waals surface area contributed by atoms with Gasteiger partial charge in [-0.25, -0.2) is 4.99 Å². The summed E-state index contributed by atoms with van der Waals surface area (Å²) in [6.07, 6.45) is 4.21. The highest BCUT2D eigenvalue weighted by Crippen LogP contribution is 2.39. The molecule has 0 amide bonds. The average molecular weight is 945 g/mol. The minimum absolute atomic E-state index is 0.0868. The summed E-state index contributed by atoms with van der Waals surface area (Å²) >= 11 is 0. The van der Waals surface area contributed by atoms with Crippen LogP contribution in [0.2, 0.25) is 0 Å². The fourth-order valence-electron chi connectivity index (χ4n) is 11.3. The van der Waals surface area contributed by atoms with Crippen molar-refractivity contribution in [2.75, 3.05) is 0 Å². The Hall–Kier alpha value is -9.64. The van der Waals surface area contributed by atoms with Gasteiger partial charge in [0.05, 0.1) is 17.5 Å². The van der Waals surface area contributed by atoms with Crippen molar-refractivity contribution >= 4 is 76.8 Å². The molecule has 0 radical (unpaired) electrons. The Balaban J connectivity index is 0.792. The van der Waals surface area contributed by atoms with Gasteiger partial charge in [0.1, 0.15) is 12.0 Å². The Morgan fingerprint density at radius 1 is 0.324 bits per heavy atom. The van der Waals surface area contributed by atoms with Crippen LogP contribution in [0.3, 0.4) is 0 Å². The molecule has 2 N–H and O–H groups in total. The third-order valence-corrected chi connectivity index (χ3v) is 15.0. The first kappa shape index (κ1) is 43.2. The predicted molar refractivity (Wildman–Crippen MR) is 311 cm³/mol. The number of aliphatic imine (C=N–C) groups is 2. The molecule has 0 aliphatic carbocycles. The second kappa shape index (κ2) is 18.2. The summed E-state index contributed by atoms with van der Waals surface area (Å²) < 4.78 is 0. The van der Waals surface area contributed by atoms with Crippen molar-refractivity contribution in [1.29, 1.82) is 0 Å². The number of fused-ring (bicyclic) bond motifs is 5. The molecule has 4 heteroatoms. The molecule has 0 saturated heterocycles. The number of allylic oxidation sites excluding steroid dienone is 1. The van der Waals surface area contributed by atoms with Gasteiger partial charge in [0.15, 0.2) is 0 Å². The first-order chi connectivity index (χ1) is 36.7. The average Bonchev–Trinajstić information content (AvgIpc) is 3.48. The van der Waals surface area contributed by atoms with Gasteiger partial charge in [0, 0.05) is 28.0 Å². The molecule has 4 nitrogen and oxygen atoms in total. The molecule has 0 saturated carbocycles. The minimum Gasteiger partial charge on any atom is -0.359 e. The topological polar surface area (TPSA) is 48.8 Å². The number of hydrogen-bond donors (Lipinski definition) is 2. The SMILES string of the molecule is C1=C(c2cccc3ccccc23)N=C(c2ccc(-c3cccc4c(-c5ccc(C6N=C(c7cccc8ccccc78)C=C(c7cccc8ccccc78)N6)cc5)cccc34)cc2)NC1c1cccc2ccccc12. The zero-order chi connectivity index (χ0) is 49.0. The lowest BCUT2D eigenvalue weighted by Crippen LogP contribution is -2.31. The highest BCUT2D eigenvalue weighted by molar-refractivity contribution is 6.20. The molecule has 0 fully saturated rings. The van der Waals surface area contributed by atoms with E-state index in [1.165, 1.54) is 70.6 Å². The predicted octanol–water partition coefficient (Wildman–Crippen LogP) is 17.1. The summed E-state index contributed by atoms with van der Waals surface area (Å²) in [5.74, 6) is 0.850. The van der Waals surface area contributed by atoms with E-state index in [0.29, 0.717) is 0 Å². The van der Waals surface area contributed by atoms with Crippen LogP contribution in [0.15, 0.2) is 277 Å². The Labute approximate surface area is 430 Å². The van der Waals surface area contributed by atoms with Gasteiger partial charge in [-0.05, 0) is 99.4 Å². The molecule has 348 valence electrons. The van der Waals surface area contributed by atoms with Crippen molar-refractivity contribution in [3.05, 3.63) is 300 Å². The van der Waals surface area contributed by atoms with Crippen LogP contribution in [-0.2, 0) is 0 Å². The fourth-order valence-corrected chi connectivity index (χ4v) is 11.3. The molecule has 0 spiro atoms. The molecule has 0 bridgehead atoms. The molecule has 0 aromatic heterocycles. The normalized spacial score (nSPS) is 15.6. The van der Waals surface area contributed by atoms with Gasteiger partial charge in [-0.1, -0.05) is 255 Å². The maximum atomic E-state index is 5.43. The molecule has 2 unspecified atom stereocenters. The maximum Gasteiger partial charge on any atom is 0.145 e. The van der Waals surface area contributed by atoms with Crippen LogP contribution in [0.25, 0.3) is 87.5 Å². The van der Waals surface area contributed by atoms with Gasteiger partial charge < -0.3 is 10.6 Å². The van der Waals surface area contributed by atoms with E-state index in [9.17, 15) is 0 Å². The smallest absolute Gasteiger partial charge is 0.145 e. The van der Waals surface area contributed by atoms with Crippen molar-refractivity contribution in [3.63, 3.8) is 0 Å². The number of nitrogens with one attached hydrogen (secondary N) is 2. The number of benzene rings is 12. The van der Waals surface area contributed by atoms with E-state index in [-0.39, 0.29) is 12.2 Å². The second-order valence-electron chi connectivity index (χ2n) is 19.3. The van der Waals surface area contributed by atoms with E-state index in [1.54, 1.807) is 0 Å². The first-order valence-corrected chi connectivity index (χ1v) is 25.4. The monoisotopic (exact) mass is 944 g/mol. The van der Waals surface area contributed by atoms with E-state index in [1.807, 2.05) is 0 Å². The van der Waals surface area contributed by atoms with Crippen LogP contribution in [0, 0.1) is 0 Å². The van der Waals surface area contributed by atoms with Crippen LogP contribution in [0.5, 0.6) is 0 Å². The molecule has 14 rings (SSSR count). The summed E-state index contributed by atoms with van der Waals surface area (Å²) in [6, 6.07) is 91.6. The second-order valence-corrected chi connectivity index (χ2v) is 19.3. The van der Waals surface area contributed by atoms with Crippen molar-refractivity contribution in [2.45, 2.75) is 12.2 Å². The summed E-state index contributed by atoms with van der Waals surface area (Å²) in [5, 5.41) is 19.8. The van der Waals surface area contributed by atoms with Gasteiger partial charge in [0.2, 0.25) is 0 Å². The number of nitrogens with zero attached hydrogens (tertiary/aromatic N) is 2. The lowest BCUT2D eigenvalue weighted by molar-refractivity contribution is 0.665. The standard InChI is InChI=1S/C70H48N4/c1-5-23-55-45(15-1)19-9-31-61(55)65-43-66(62-32-10-20-46-16-2-6-24-56(46)62)72-69(71-65)51-39-35-49(36-40-51)53-27-13-30-60-54(28-14-29-59(53)60)50-37-41-52(42-38-50)70-73-67(63-33-11-21-47-17-3-7-25-57(47)63)44-68(74-70)64-34-12-22-48-18-4-8-26-58(48)64/h1-44,65,70,73H,(H,71,72). The fraction of sp³-hybridized carbons (Fsp3) is 0.0286. The number of amidine groups is 1. The minimum atomic E-state index is -0.293. The summed E-state index contributed by atoms with van der Waals surface area (Å²) in [7, 11) is 0. The van der Waals surface area contributed by atoms with Crippen LogP contribution in [0.1, 0.15) is 45.6 Å². The van der Waals surface area contributed by atoms with Crippen molar-refractivity contribution in [1.82, 2.24) is 10.6 Å². The van der Waals surface area contributed by atoms with E-state index in [4.69, 9.17) is 9.98 Å². The molecule has 2 heterocycles. The highest BCUT2D eigenvalue weighted by atomic mass is 15.1. The van der Waals surface area contributed by atoms with Crippen LogP contribution >= 0.6 is 0 Å². The van der Waals surface area contributed by atoms with E-state index >= 15 is 0 Å². The molecular weight excluding hydrogens is 897 g/mol. The number of hydrogen-bond acceptors (Lipinski definition) is 4. The Morgan fingerprint density at radius 3 is 1.38 bits per heavy atom. The lowest BCUT2D eigenvalue weighted by atomic mass is 9.92. The summed E-state index contributed by atoms with van der Waals surface area (Å²) in [6.45, 7) is 0. The molecule has 12 aromatic carbocycles. The van der Waals surface area contributed by atoms with Crippen molar-refractivity contribution in [2.24, 2.45) is 9.98 Å². The van der Waals surface area contributed by atoms with Gasteiger partial charge in [-0.15, -0.1) is 0 Å². The largest absolute Gasteiger partial charge is 0.359 e. The third-order valence-electron chi connectivity index (χ3n) is 15.0. The van der Waals surface area contributed by atoms with Crippen molar-refractivity contribution in [3.8, 4) is 22.3 Å². The van der Waals surface area contributed by atoms with E-state index in [0.717, 1.165) is 61.9 Å². The van der Waals surface area contributed by atoms with Gasteiger partial charge in [-0.3, -0.25) is 4.99 Å². The zero-order valence-electron chi connectivity index (χ0n) is 40.5. The quantitative estimate of drug-likeness (QED) is 0.159. The van der Waals surface area contributed by atoms with Crippen molar-refractivity contribution < 1.29 is 0 Å². The molecular formula is C70H48N4. The molecule has 74 heavy (non-hydrogen) atoms. The van der Waals surface area contributed by atoms with E-state index < -0.39 is 0 Å². The highest BCUT2D eigenvalue weighted by Gasteiger charge is 2.24. The summed E-state index contributed by atoms with van der Waals surface area (Å²) in [4.78, 5) is 10.8. The first-order valence-electron chi connectivity index (χ1n) is 25.4. The lowest BCUT2D eigenvalue weighted by Gasteiger charge is -2.26. The van der Waals surface area contributed by atoms with E-state index in [2.05, 4.69) is 278 Å². The number of rotatable bonds is 8. The Kier molecular flexibility index (Phi) is 10.6.